The van der Waals surface area contributed by atoms with Gasteiger partial charge in [0.25, 0.3) is 0 Å². The van der Waals surface area contributed by atoms with Crippen LogP contribution in [0.2, 0.25) is 0 Å². The van der Waals surface area contributed by atoms with Crippen molar-refractivity contribution in [2.45, 2.75) is 71.6 Å². The molecular weight excluding hydrogens is 264 g/mol. The van der Waals surface area contributed by atoms with Crippen LogP contribution in [-0.4, -0.2) is 11.3 Å². The second kappa shape index (κ2) is 10.3. The number of unbranched alkanes of at least 4 members (excludes halogenated alkanes) is 5. The maximum Gasteiger partial charge on any atom is 0.511 e. The van der Waals surface area contributed by atoms with Gasteiger partial charge in [-0.15, -0.1) is 0 Å². The molecule has 0 unspecified atom stereocenters. The molecule has 1 aromatic carbocycles. The summed E-state index contributed by atoms with van der Waals surface area (Å²) >= 11 is 0. The van der Waals surface area contributed by atoms with Crippen LogP contribution in [-0.2, 0) is 12.8 Å². The van der Waals surface area contributed by atoms with E-state index < -0.39 is 6.16 Å². The van der Waals surface area contributed by atoms with Crippen molar-refractivity contribution in [2.75, 3.05) is 0 Å². The summed E-state index contributed by atoms with van der Waals surface area (Å²) in [4.78, 5) is 10.8. The number of ether oxygens (including phenoxy) is 1. The molecule has 1 rings (SSSR count). The Labute approximate surface area is 128 Å². The molecule has 3 heteroatoms. The molecule has 0 aliphatic rings. The molecule has 0 aliphatic heterocycles. The van der Waals surface area contributed by atoms with E-state index in [1.165, 1.54) is 31.2 Å². The fourth-order valence-corrected chi connectivity index (χ4v) is 2.59. The minimum Gasteiger partial charge on any atom is -0.449 e. The summed E-state index contributed by atoms with van der Waals surface area (Å²) in [6.45, 7) is 4.38. The summed E-state index contributed by atoms with van der Waals surface area (Å²) in [5.74, 6) is 0.520. The third kappa shape index (κ3) is 6.65. The van der Waals surface area contributed by atoms with Gasteiger partial charge in [0.05, 0.1) is 0 Å². The Hall–Kier alpha value is -1.51. The number of carbonyl (C=O) groups is 1. The third-order valence-corrected chi connectivity index (χ3v) is 3.76. The summed E-state index contributed by atoms with van der Waals surface area (Å²) in [7, 11) is 0. The summed E-state index contributed by atoms with van der Waals surface area (Å²) in [6.07, 6.45) is 9.00. The third-order valence-electron chi connectivity index (χ3n) is 3.76. The molecule has 1 N–H and O–H groups in total. The smallest absolute Gasteiger partial charge is 0.449 e. The molecule has 21 heavy (non-hydrogen) atoms. The summed E-state index contributed by atoms with van der Waals surface area (Å²) in [6, 6.07) is 5.76. The molecular formula is C18H28O3. The molecule has 0 amide bonds. The zero-order chi connectivity index (χ0) is 15.5. The van der Waals surface area contributed by atoms with Gasteiger partial charge in [-0.1, -0.05) is 58.1 Å². The first kappa shape index (κ1) is 17.5. The zero-order valence-corrected chi connectivity index (χ0v) is 13.4. The summed E-state index contributed by atoms with van der Waals surface area (Å²) < 4.78 is 4.96. The lowest BCUT2D eigenvalue weighted by Crippen LogP contribution is -2.07. The van der Waals surface area contributed by atoms with Crippen molar-refractivity contribution >= 4 is 6.16 Å². The van der Waals surface area contributed by atoms with Crippen LogP contribution >= 0.6 is 0 Å². The van der Waals surface area contributed by atoms with E-state index in [9.17, 15) is 4.79 Å². The highest BCUT2D eigenvalue weighted by Crippen LogP contribution is 2.26. The molecule has 0 heterocycles. The lowest BCUT2D eigenvalue weighted by atomic mass is 9.96. The minimum absolute atomic E-state index is 0.520. The van der Waals surface area contributed by atoms with Gasteiger partial charge >= 0.3 is 6.16 Å². The second-order valence-electron chi connectivity index (χ2n) is 5.53. The molecule has 0 aliphatic carbocycles. The van der Waals surface area contributed by atoms with Gasteiger partial charge in [-0.05, 0) is 42.9 Å². The molecule has 0 atom stereocenters. The fraction of sp³-hybridized carbons (Fsp3) is 0.611. The van der Waals surface area contributed by atoms with E-state index in [0.717, 1.165) is 37.7 Å². The van der Waals surface area contributed by atoms with Crippen molar-refractivity contribution in [3.05, 3.63) is 29.3 Å². The number of hydrogen-bond acceptors (Lipinski definition) is 2. The second-order valence-corrected chi connectivity index (χ2v) is 5.53. The molecule has 1 aromatic rings. The SMILES string of the molecule is CCCCCCCc1c(CCCC)cccc1OC(=O)O. The zero-order valence-electron chi connectivity index (χ0n) is 13.4. The predicted octanol–water partition coefficient (Wildman–Crippen LogP) is 5.60. The van der Waals surface area contributed by atoms with Crippen molar-refractivity contribution in [3.8, 4) is 5.75 Å². The fourth-order valence-electron chi connectivity index (χ4n) is 2.59. The van der Waals surface area contributed by atoms with Gasteiger partial charge in [0.2, 0.25) is 0 Å². The average Bonchev–Trinajstić information content (AvgIpc) is 2.46. The van der Waals surface area contributed by atoms with Gasteiger partial charge in [0, 0.05) is 0 Å². The Balaban J connectivity index is 2.75. The maximum absolute atomic E-state index is 10.8. The summed E-state index contributed by atoms with van der Waals surface area (Å²) in [5, 5.41) is 8.88. The standard InChI is InChI=1S/C18H28O3/c1-3-5-7-8-9-13-16-15(11-6-4-2)12-10-14-17(16)21-18(19)20/h10,12,14H,3-9,11,13H2,1-2H3,(H,19,20). The Kier molecular flexibility index (Phi) is 8.56. The van der Waals surface area contributed by atoms with E-state index in [1.807, 2.05) is 6.07 Å². The first-order valence-electron chi connectivity index (χ1n) is 8.20. The van der Waals surface area contributed by atoms with Gasteiger partial charge in [0.1, 0.15) is 5.75 Å². The topological polar surface area (TPSA) is 46.5 Å². The highest BCUT2D eigenvalue weighted by Gasteiger charge is 2.12. The number of benzene rings is 1. The van der Waals surface area contributed by atoms with Crippen molar-refractivity contribution in [3.63, 3.8) is 0 Å². The summed E-state index contributed by atoms with van der Waals surface area (Å²) in [5.41, 5.74) is 2.33. The molecule has 0 bridgehead atoms. The number of carboxylic acid groups (broad SMARTS) is 1. The van der Waals surface area contributed by atoms with Gasteiger partial charge < -0.3 is 9.84 Å². The van der Waals surface area contributed by atoms with Crippen LogP contribution in [0.3, 0.4) is 0 Å². The van der Waals surface area contributed by atoms with E-state index >= 15 is 0 Å². The van der Waals surface area contributed by atoms with Crippen LogP contribution in [0.15, 0.2) is 18.2 Å². The molecule has 0 fully saturated rings. The molecule has 0 saturated carbocycles. The van der Waals surface area contributed by atoms with E-state index in [4.69, 9.17) is 9.84 Å². The van der Waals surface area contributed by atoms with Crippen molar-refractivity contribution in [1.82, 2.24) is 0 Å². The van der Waals surface area contributed by atoms with Crippen LogP contribution in [0.1, 0.15) is 69.9 Å². The van der Waals surface area contributed by atoms with E-state index in [-0.39, 0.29) is 0 Å². The lowest BCUT2D eigenvalue weighted by molar-refractivity contribution is 0.144. The number of aryl methyl sites for hydroxylation is 1. The van der Waals surface area contributed by atoms with Crippen LogP contribution in [0, 0.1) is 0 Å². The van der Waals surface area contributed by atoms with Gasteiger partial charge in [-0.2, -0.15) is 0 Å². The molecule has 118 valence electrons. The number of hydrogen-bond donors (Lipinski definition) is 1. The first-order valence-corrected chi connectivity index (χ1v) is 8.20. The quantitative estimate of drug-likeness (QED) is 0.347. The molecule has 0 aromatic heterocycles. The Morgan fingerprint density at radius 1 is 1.00 bits per heavy atom. The van der Waals surface area contributed by atoms with Crippen molar-refractivity contribution in [2.24, 2.45) is 0 Å². The Morgan fingerprint density at radius 3 is 2.38 bits per heavy atom. The van der Waals surface area contributed by atoms with Crippen molar-refractivity contribution < 1.29 is 14.6 Å². The largest absolute Gasteiger partial charge is 0.511 e. The van der Waals surface area contributed by atoms with Gasteiger partial charge in [-0.3, -0.25) is 0 Å². The highest BCUT2D eigenvalue weighted by atomic mass is 16.7. The Bertz CT molecular complexity index is 426. The molecule has 0 spiro atoms. The Morgan fingerprint density at radius 2 is 1.71 bits per heavy atom. The van der Waals surface area contributed by atoms with Gasteiger partial charge in [0.15, 0.2) is 0 Å². The van der Waals surface area contributed by atoms with Crippen LogP contribution in [0.4, 0.5) is 4.79 Å². The van der Waals surface area contributed by atoms with Crippen LogP contribution < -0.4 is 4.74 Å². The first-order chi connectivity index (χ1) is 10.2. The normalized spacial score (nSPS) is 10.6. The monoisotopic (exact) mass is 292 g/mol. The minimum atomic E-state index is -1.23. The lowest BCUT2D eigenvalue weighted by Gasteiger charge is -2.13. The molecule has 3 nitrogen and oxygen atoms in total. The van der Waals surface area contributed by atoms with E-state index in [2.05, 4.69) is 19.9 Å². The average molecular weight is 292 g/mol. The van der Waals surface area contributed by atoms with Crippen LogP contribution in [0.25, 0.3) is 0 Å². The highest BCUT2D eigenvalue weighted by molar-refractivity contribution is 5.62. The van der Waals surface area contributed by atoms with Crippen LogP contribution in [0.5, 0.6) is 5.75 Å². The maximum atomic E-state index is 10.8. The van der Waals surface area contributed by atoms with Gasteiger partial charge in [-0.25, -0.2) is 4.79 Å². The van der Waals surface area contributed by atoms with Crippen molar-refractivity contribution in [1.29, 1.82) is 0 Å². The molecule has 0 saturated heterocycles. The number of rotatable bonds is 10. The predicted molar refractivity (Wildman–Crippen MR) is 86.2 cm³/mol. The van der Waals surface area contributed by atoms with E-state index in [0.29, 0.717) is 5.75 Å². The van der Waals surface area contributed by atoms with E-state index in [1.54, 1.807) is 6.07 Å². The molecule has 0 radical (unpaired) electrons.